The molecule has 2 heteroatoms. The molecule has 0 unspecified atom stereocenters. The molecule has 16 heavy (non-hydrogen) atoms. The average Bonchev–Trinajstić information content (AvgIpc) is 2.22. The van der Waals surface area contributed by atoms with Gasteiger partial charge in [-0.05, 0) is 55.3 Å². The predicted molar refractivity (Wildman–Crippen MR) is 66.8 cm³/mol. The molecule has 2 N–H and O–H groups in total. The van der Waals surface area contributed by atoms with Gasteiger partial charge in [-0.2, -0.15) is 0 Å². The van der Waals surface area contributed by atoms with E-state index in [2.05, 4.69) is 0 Å². The first kappa shape index (κ1) is 10.6. The van der Waals surface area contributed by atoms with Gasteiger partial charge in [-0.3, -0.25) is 0 Å². The molecule has 2 aromatic carbocycles. The molecule has 2 nitrogen and oxygen atoms in total. The minimum Gasteiger partial charge on any atom is -0.457 e. The van der Waals surface area contributed by atoms with Crippen LogP contribution in [0.25, 0.3) is 0 Å². The van der Waals surface area contributed by atoms with Gasteiger partial charge >= 0.3 is 0 Å². The lowest BCUT2D eigenvalue weighted by atomic mass is 10.2. The summed E-state index contributed by atoms with van der Waals surface area (Å²) in [5, 5.41) is 0. The Kier molecular flexibility index (Phi) is 2.82. The van der Waals surface area contributed by atoms with Crippen molar-refractivity contribution in [1.82, 2.24) is 0 Å². The maximum Gasteiger partial charge on any atom is 0.130 e. The number of hydrogen-bond donors (Lipinski definition) is 1. The molecule has 2 rings (SSSR count). The fraction of sp³-hybridized carbons (Fsp3) is 0.143. The molecule has 2 aromatic rings. The van der Waals surface area contributed by atoms with Crippen molar-refractivity contribution in [2.75, 3.05) is 5.73 Å². The molecule has 0 saturated heterocycles. The van der Waals surface area contributed by atoms with Crippen LogP contribution in [0.1, 0.15) is 11.1 Å². The van der Waals surface area contributed by atoms with E-state index in [1.54, 1.807) is 0 Å². The molecule has 82 valence electrons. The Balaban J connectivity index is 2.27. The molecule has 0 aliphatic heterocycles. The van der Waals surface area contributed by atoms with Gasteiger partial charge in [0.05, 0.1) is 0 Å². The molecule has 0 aliphatic carbocycles. The number of nitrogens with two attached hydrogens (primary N) is 1. The average molecular weight is 213 g/mol. The molecule has 0 fully saturated rings. The van der Waals surface area contributed by atoms with Crippen LogP contribution in [0.5, 0.6) is 11.5 Å². The van der Waals surface area contributed by atoms with Crippen LogP contribution in [-0.2, 0) is 0 Å². The smallest absolute Gasteiger partial charge is 0.130 e. The summed E-state index contributed by atoms with van der Waals surface area (Å²) in [6.45, 7) is 4.03. The predicted octanol–water partition coefficient (Wildman–Crippen LogP) is 3.68. The van der Waals surface area contributed by atoms with Crippen LogP contribution in [0, 0.1) is 13.8 Å². The van der Waals surface area contributed by atoms with Crippen LogP contribution in [-0.4, -0.2) is 0 Å². The van der Waals surface area contributed by atoms with Gasteiger partial charge in [0.2, 0.25) is 0 Å². The van der Waals surface area contributed by atoms with Crippen molar-refractivity contribution in [3.05, 3.63) is 53.6 Å². The summed E-state index contributed by atoms with van der Waals surface area (Å²) in [4.78, 5) is 0. The summed E-state index contributed by atoms with van der Waals surface area (Å²) in [7, 11) is 0. The quantitative estimate of drug-likeness (QED) is 0.772. The lowest BCUT2D eigenvalue weighted by molar-refractivity contribution is 0.478. The van der Waals surface area contributed by atoms with Crippen LogP contribution in [0.2, 0.25) is 0 Å². The Hall–Kier alpha value is -1.96. The highest BCUT2D eigenvalue weighted by Gasteiger charge is 2.01. The first-order chi connectivity index (χ1) is 7.65. The van der Waals surface area contributed by atoms with Gasteiger partial charge < -0.3 is 10.5 Å². The second kappa shape index (κ2) is 4.27. The highest BCUT2D eigenvalue weighted by atomic mass is 16.5. The summed E-state index contributed by atoms with van der Waals surface area (Å²) >= 11 is 0. The van der Waals surface area contributed by atoms with Crippen LogP contribution in [0.4, 0.5) is 5.69 Å². The Morgan fingerprint density at radius 1 is 1.00 bits per heavy atom. The molecule has 0 bridgehead atoms. The molecular weight excluding hydrogens is 198 g/mol. The van der Waals surface area contributed by atoms with Crippen molar-refractivity contribution in [3.8, 4) is 11.5 Å². The van der Waals surface area contributed by atoms with Gasteiger partial charge in [0.15, 0.2) is 0 Å². The fourth-order valence-corrected chi connectivity index (χ4v) is 1.59. The summed E-state index contributed by atoms with van der Waals surface area (Å²) in [5.74, 6) is 1.70. The molecule has 0 spiro atoms. The molecular formula is C14H15NO. The second-order valence-corrected chi connectivity index (χ2v) is 3.94. The Morgan fingerprint density at radius 3 is 2.50 bits per heavy atom. The van der Waals surface area contributed by atoms with Gasteiger partial charge in [-0.15, -0.1) is 0 Å². The second-order valence-electron chi connectivity index (χ2n) is 3.94. The van der Waals surface area contributed by atoms with Gasteiger partial charge in [-0.1, -0.05) is 12.1 Å². The number of rotatable bonds is 2. The molecule has 0 aromatic heterocycles. The molecule has 0 heterocycles. The Morgan fingerprint density at radius 2 is 1.81 bits per heavy atom. The monoisotopic (exact) mass is 213 g/mol. The van der Waals surface area contributed by atoms with Crippen molar-refractivity contribution in [3.63, 3.8) is 0 Å². The lowest BCUT2D eigenvalue weighted by Gasteiger charge is -2.09. The first-order valence-electron chi connectivity index (χ1n) is 5.26. The van der Waals surface area contributed by atoms with Gasteiger partial charge in [0.1, 0.15) is 11.5 Å². The number of hydrogen-bond acceptors (Lipinski definition) is 2. The number of nitrogen functional groups attached to an aromatic ring is 1. The van der Waals surface area contributed by atoms with E-state index >= 15 is 0 Å². The van der Waals surface area contributed by atoms with Crippen LogP contribution < -0.4 is 10.5 Å². The third kappa shape index (κ3) is 2.34. The van der Waals surface area contributed by atoms with E-state index in [1.165, 1.54) is 5.56 Å². The third-order valence-corrected chi connectivity index (χ3v) is 2.42. The van der Waals surface area contributed by atoms with E-state index in [9.17, 15) is 0 Å². The lowest BCUT2D eigenvalue weighted by Crippen LogP contribution is -1.90. The molecule has 0 aliphatic rings. The highest BCUT2D eigenvalue weighted by Crippen LogP contribution is 2.26. The molecule has 0 atom stereocenters. The summed E-state index contributed by atoms with van der Waals surface area (Å²) < 4.78 is 5.79. The third-order valence-electron chi connectivity index (χ3n) is 2.42. The molecule has 0 amide bonds. The zero-order chi connectivity index (χ0) is 11.5. The van der Waals surface area contributed by atoms with Crippen molar-refractivity contribution < 1.29 is 4.74 Å². The van der Waals surface area contributed by atoms with Gasteiger partial charge in [-0.25, -0.2) is 0 Å². The first-order valence-corrected chi connectivity index (χ1v) is 5.26. The largest absolute Gasteiger partial charge is 0.457 e. The van der Waals surface area contributed by atoms with E-state index in [1.807, 2.05) is 56.3 Å². The standard InChI is InChI=1S/C14H15NO/c1-10-4-3-5-13(8-10)16-14-7-6-12(15)9-11(14)2/h3-9H,15H2,1-2H3. The highest BCUT2D eigenvalue weighted by molar-refractivity contribution is 5.48. The van der Waals surface area contributed by atoms with E-state index in [0.717, 1.165) is 22.7 Å². The Labute approximate surface area is 95.7 Å². The van der Waals surface area contributed by atoms with Crippen LogP contribution in [0.15, 0.2) is 42.5 Å². The number of benzene rings is 2. The SMILES string of the molecule is Cc1cccc(Oc2ccc(N)cc2C)c1. The minimum absolute atomic E-state index is 0.758. The van der Waals surface area contributed by atoms with Gasteiger partial charge in [0, 0.05) is 5.69 Å². The topological polar surface area (TPSA) is 35.2 Å². The molecule has 0 radical (unpaired) electrons. The van der Waals surface area contributed by atoms with E-state index in [0.29, 0.717) is 0 Å². The fourth-order valence-electron chi connectivity index (χ4n) is 1.59. The van der Waals surface area contributed by atoms with Gasteiger partial charge in [0.25, 0.3) is 0 Å². The number of anilines is 1. The maximum absolute atomic E-state index is 5.79. The Bertz CT molecular complexity index is 506. The van der Waals surface area contributed by atoms with Crippen LogP contribution >= 0.6 is 0 Å². The van der Waals surface area contributed by atoms with E-state index in [-0.39, 0.29) is 0 Å². The van der Waals surface area contributed by atoms with Crippen molar-refractivity contribution >= 4 is 5.69 Å². The summed E-state index contributed by atoms with van der Waals surface area (Å²) in [6.07, 6.45) is 0. The number of ether oxygens (including phenoxy) is 1. The summed E-state index contributed by atoms with van der Waals surface area (Å²) in [6, 6.07) is 13.6. The van der Waals surface area contributed by atoms with E-state index in [4.69, 9.17) is 10.5 Å². The maximum atomic E-state index is 5.79. The van der Waals surface area contributed by atoms with Crippen molar-refractivity contribution in [1.29, 1.82) is 0 Å². The summed E-state index contributed by atoms with van der Waals surface area (Å²) in [5.41, 5.74) is 8.68. The normalized spacial score (nSPS) is 10.1. The zero-order valence-corrected chi connectivity index (χ0v) is 9.53. The van der Waals surface area contributed by atoms with Crippen LogP contribution in [0.3, 0.4) is 0 Å². The number of aryl methyl sites for hydroxylation is 2. The van der Waals surface area contributed by atoms with Crippen molar-refractivity contribution in [2.24, 2.45) is 0 Å². The van der Waals surface area contributed by atoms with E-state index < -0.39 is 0 Å². The molecule has 0 saturated carbocycles. The minimum atomic E-state index is 0.758. The zero-order valence-electron chi connectivity index (χ0n) is 9.53. The van der Waals surface area contributed by atoms with Crippen molar-refractivity contribution in [2.45, 2.75) is 13.8 Å².